The minimum absolute atomic E-state index is 0.612. The molecule has 2 aromatic rings. The van der Waals surface area contributed by atoms with E-state index in [1.165, 1.54) is 0 Å². The van der Waals surface area contributed by atoms with Crippen molar-refractivity contribution in [1.29, 1.82) is 0 Å². The topological polar surface area (TPSA) is 55.4 Å². The zero-order valence-electron chi connectivity index (χ0n) is 12.0. The number of ether oxygens (including phenoxy) is 2. The first-order chi connectivity index (χ1) is 10.2. The van der Waals surface area contributed by atoms with Gasteiger partial charge in [-0.3, -0.25) is 0 Å². The molecule has 21 heavy (non-hydrogen) atoms. The first-order valence-corrected chi connectivity index (χ1v) is 6.92. The van der Waals surface area contributed by atoms with E-state index in [0.29, 0.717) is 23.9 Å². The number of pyridine rings is 1. The first kappa shape index (κ1) is 15.3. The normalized spacial score (nSPS) is 10.0. The standard InChI is InChI=1S/C15H18ClN3O2/c1-20-12-8-11(9-13(10-12)21-2)17-6-7-19-15-14(16)4-3-5-18-15/h3-5,8-10,17H,6-7H2,1-2H3,(H,18,19). The number of rotatable bonds is 7. The molecule has 0 fully saturated rings. The van der Waals surface area contributed by atoms with E-state index < -0.39 is 0 Å². The lowest BCUT2D eigenvalue weighted by molar-refractivity contribution is 0.394. The Labute approximate surface area is 129 Å². The average Bonchev–Trinajstić information content (AvgIpc) is 2.52. The van der Waals surface area contributed by atoms with Crippen molar-refractivity contribution in [3.63, 3.8) is 0 Å². The molecule has 0 aliphatic carbocycles. The van der Waals surface area contributed by atoms with Crippen molar-refractivity contribution in [3.8, 4) is 11.5 Å². The SMILES string of the molecule is COc1cc(NCCNc2ncccc2Cl)cc(OC)c1. The van der Waals surface area contributed by atoms with Crippen LogP contribution in [0, 0.1) is 0 Å². The number of aromatic nitrogens is 1. The van der Waals surface area contributed by atoms with E-state index in [-0.39, 0.29) is 0 Å². The molecule has 5 nitrogen and oxygen atoms in total. The molecule has 0 bridgehead atoms. The van der Waals surface area contributed by atoms with Crippen LogP contribution < -0.4 is 20.1 Å². The van der Waals surface area contributed by atoms with Crippen LogP contribution in [0.4, 0.5) is 11.5 Å². The summed E-state index contributed by atoms with van der Waals surface area (Å²) in [4.78, 5) is 4.17. The zero-order valence-corrected chi connectivity index (χ0v) is 12.8. The molecular formula is C15H18ClN3O2. The molecule has 2 N–H and O–H groups in total. The summed E-state index contributed by atoms with van der Waals surface area (Å²) in [6.07, 6.45) is 1.70. The van der Waals surface area contributed by atoms with Gasteiger partial charge in [-0.25, -0.2) is 4.98 Å². The second-order valence-electron chi connectivity index (χ2n) is 4.29. The molecule has 0 atom stereocenters. The number of benzene rings is 1. The van der Waals surface area contributed by atoms with E-state index >= 15 is 0 Å². The highest BCUT2D eigenvalue weighted by atomic mass is 35.5. The molecule has 0 radical (unpaired) electrons. The highest BCUT2D eigenvalue weighted by molar-refractivity contribution is 6.32. The van der Waals surface area contributed by atoms with Gasteiger partial charge in [0.15, 0.2) is 0 Å². The molecule has 0 saturated carbocycles. The lowest BCUT2D eigenvalue weighted by Gasteiger charge is -2.11. The van der Waals surface area contributed by atoms with Gasteiger partial charge >= 0.3 is 0 Å². The van der Waals surface area contributed by atoms with Crippen molar-refractivity contribution < 1.29 is 9.47 Å². The number of hydrogen-bond donors (Lipinski definition) is 2. The molecule has 0 amide bonds. The van der Waals surface area contributed by atoms with Gasteiger partial charge in [-0.05, 0) is 12.1 Å². The Morgan fingerprint density at radius 2 is 1.71 bits per heavy atom. The van der Waals surface area contributed by atoms with Crippen LogP contribution in [0.15, 0.2) is 36.5 Å². The van der Waals surface area contributed by atoms with Crippen molar-refractivity contribution in [2.24, 2.45) is 0 Å². The van der Waals surface area contributed by atoms with Gasteiger partial charge in [-0.1, -0.05) is 11.6 Å². The van der Waals surface area contributed by atoms with Gasteiger partial charge in [0, 0.05) is 43.2 Å². The Kier molecular flexibility index (Phi) is 5.51. The maximum absolute atomic E-state index is 6.02. The smallest absolute Gasteiger partial charge is 0.144 e. The first-order valence-electron chi connectivity index (χ1n) is 6.54. The number of hydrogen-bond acceptors (Lipinski definition) is 5. The van der Waals surface area contributed by atoms with E-state index in [0.717, 1.165) is 17.2 Å². The molecule has 1 aromatic heterocycles. The van der Waals surface area contributed by atoms with Crippen LogP contribution in [0.3, 0.4) is 0 Å². The largest absolute Gasteiger partial charge is 0.497 e. The van der Waals surface area contributed by atoms with Crippen LogP contribution in [0.25, 0.3) is 0 Å². The lowest BCUT2D eigenvalue weighted by Crippen LogP contribution is -2.14. The molecule has 2 rings (SSSR count). The fraction of sp³-hybridized carbons (Fsp3) is 0.267. The summed E-state index contributed by atoms with van der Waals surface area (Å²) < 4.78 is 10.5. The third-order valence-corrected chi connectivity index (χ3v) is 3.16. The molecule has 0 spiro atoms. The van der Waals surface area contributed by atoms with Crippen LogP contribution in [0.5, 0.6) is 11.5 Å². The lowest BCUT2D eigenvalue weighted by atomic mass is 10.2. The third kappa shape index (κ3) is 4.43. The molecule has 0 saturated heterocycles. The predicted octanol–water partition coefficient (Wildman–Crippen LogP) is 3.28. The highest BCUT2D eigenvalue weighted by Gasteiger charge is 2.02. The summed E-state index contributed by atoms with van der Waals surface area (Å²) >= 11 is 6.02. The van der Waals surface area contributed by atoms with Gasteiger partial charge in [0.05, 0.1) is 19.2 Å². The fourth-order valence-corrected chi connectivity index (χ4v) is 2.00. The van der Waals surface area contributed by atoms with Crippen LogP contribution in [-0.2, 0) is 0 Å². The number of nitrogens with zero attached hydrogens (tertiary/aromatic N) is 1. The van der Waals surface area contributed by atoms with Crippen molar-refractivity contribution in [2.75, 3.05) is 37.9 Å². The van der Waals surface area contributed by atoms with Crippen LogP contribution in [0.1, 0.15) is 0 Å². The summed E-state index contributed by atoms with van der Waals surface area (Å²) in [7, 11) is 3.26. The van der Waals surface area contributed by atoms with Crippen molar-refractivity contribution in [3.05, 3.63) is 41.6 Å². The second kappa shape index (κ2) is 7.59. The fourth-order valence-electron chi connectivity index (χ4n) is 1.81. The average molecular weight is 308 g/mol. The molecule has 1 aromatic carbocycles. The molecule has 112 valence electrons. The second-order valence-corrected chi connectivity index (χ2v) is 4.70. The Balaban J connectivity index is 1.87. The quantitative estimate of drug-likeness (QED) is 0.769. The predicted molar refractivity (Wildman–Crippen MR) is 85.8 cm³/mol. The number of methoxy groups -OCH3 is 2. The summed E-state index contributed by atoms with van der Waals surface area (Å²) in [5.41, 5.74) is 0.931. The Morgan fingerprint density at radius 1 is 1.05 bits per heavy atom. The molecule has 6 heteroatoms. The van der Waals surface area contributed by atoms with E-state index in [9.17, 15) is 0 Å². The van der Waals surface area contributed by atoms with Gasteiger partial charge in [-0.15, -0.1) is 0 Å². The van der Waals surface area contributed by atoms with Crippen LogP contribution in [-0.4, -0.2) is 32.3 Å². The summed E-state index contributed by atoms with van der Waals surface area (Å²) in [5.74, 6) is 2.18. The van der Waals surface area contributed by atoms with E-state index in [4.69, 9.17) is 21.1 Å². The van der Waals surface area contributed by atoms with Gasteiger partial charge < -0.3 is 20.1 Å². The molecule has 0 unspecified atom stereocenters. The number of nitrogens with one attached hydrogen (secondary N) is 2. The number of anilines is 2. The Bertz CT molecular complexity index is 571. The van der Waals surface area contributed by atoms with Crippen molar-refractivity contribution >= 4 is 23.1 Å². The minimum Gasteiger partial charge on any atom is -0.497 e. The van der Waals surface area contributed by atoms with E-state index in [1.54, 1.807) is 32.5 Å². The highest BCUT2D eigenvalue weighted by Crippen LogP contribution is 2.25. The van der Waals surface area contributed by atoms with Gasteiger partial charge in [0.2, 0.25) is 0 Å². The Hall–Kier alpha value is -2.14. The minimum atomic E-state index is 0.612. The molecular weight excluding hydrogens is 290 g/mol. The van der Waals surface area contributed by atoms with Crippen molar-refractivity contribution in [2.45, 2.75) is 0 Å². The van der Waals surface area contributed by atoms with Crippen molar-refractivity contribution in [1.82, 2.24) is 4.98 Å². The summed E-state index contributed by atoms with van der Waals surface area (Å²) in [6.45, 7) is 1.40. The Morgan fingerprint density at radius 3 is 2.33 bits per heavy atom. The van der Waals surface area contributed by atoms with E-state index in [1.807, 2.05) is 18.2 Å². The van der Waals surface area contributed by atoms with Gasteiger partial charge in [-0.2, -0.15) is 0 Å². The van der Waals surface area contributed by atoms with Crippen LogP contribution in [0.2, 0.25) is 5.02 Å². The van der Waals surface area contributed by atoms with Crippen LogP contribution >= 0.6 is 11.6 Å². The molecule has 1 heterocycles. The summed E-state index contributed by atoms with van der Waals surface area (Å²) in [5, 5.41) is 7.07. The van der Waals surface area contributed by atoms with Gasteiger partial charge in [0.25, 0.3) is 0 Å². The van der Waals surface area contributed by atoms with E-state index in [2.05, 4.69) is 15.6 Å². The zero-order chi connectivity index (χ0) is 15.1. The van der Waals surface area contributed by atoms with Gasteiger partial charge in [0.1, 0.15) is 17.3 Å². The molecule has 0 aliphatic rings. The monoisotopic (exact) mass is 307 g/mol. The maximum atomic E-state index is 6.02. The molecule has 0 aliphatic heterocycles. The maximum Gasteiger partial charge on any atom is 0.144 e. The summed E-state index contributed by atoms with van der Waals surface area (Å²) in [6, 6.07) is 9.26. The number of halogens is 1. The third-order valence-electron chi connectivity index (χ3n) is 2.86.